The van der Waals surface area contributed by atoms with Crippen molar-refractivity contribution in [2.75, 3.05) is 39.6 Å². The molecule has 3 aliphatic rings. The Morgan fingerprint density at radius 2 is 1.43 bits per heavy atom. The van der Waals surface area contributed by atoms with Crippen molar-refractivity contribution in [3.63, 3.8) is 0 Å². The fourth-order valence-corrected chi connectivity index (χ4v) is 12.1. The van der Waals surface area contributed by atoms with E-state index in [1.807, 2.05) is 58.0 Å². The predicted octanol–water partition coefficient (Wildman–Crippen LogP) is 8.37. The van der Waals surface area contributed by atoms with Gasteiger partial charge in [0.2, 0.25) is 0 Å². The average molecular weight is 965 g/mol. The lowest BCUT2D eigenvalue weighted by Crippen LogP contribution is -2.36. The molecule has 1 aromatic carbocycles. The second-order valence-electron chi connectivity index (χ2n) is 16.5. The number of allylic oxidation sites excluding steroid dienone is 1. The van der Waals surface area contributed by atoms with Crippen molar-refractivity contribution in [2.45, 2.75) is 155 Å². The average Bonchev–Trinajstić information content (AvgIpc) is 3.89. The molecule has 3 aliphatic heterocycles. The van der Waals surface area contributed by atoms with Crippen LogP contribution in [0.4, 0.5) is 0 Å². The number of hydrogen-bond donors (Lipinski definition) is 1. The Hall–Kier alpha value is -2.02. The van der Waals surface area contributed by atoms with Gasteiger partial charge in [-0.15, -0.1) is 6.58 Å². The van der Waals surface area contributed by atoms with Crippen LogP contribution in [0.1, 0.15) is 110 Å². The Labute approximate surface area is 389 Å². The summed E-state index contributed by atoms with van der Waals surface area (Å²) in [6.07, 6.45) is -4.50. The first-order valence-electron chi connectivity index (χ1n) is 22.6. The number of benzene rings is 1. The van der Waals surface area contributed by atoms with Crippen LogP contribution in [0.2, 0.25) is 0 Å². The highest BCUT2D eigenvalue weighted by molar-refractivity contribution is 8.07. The van der Waals surface area contributed by atoms with Crippen LogP contribution in [0.25, 0.3) is 0 Å². The second-order valence-corrected chi connectivity index (χ2v) is 22.4. The molecule has 14 unspecified atom stereocenters. The summed E-state index contributed by atoms with van der Waals surface area (Å²) >= 11 is 12.2. The van der Waals surface area contributed by atoms with E-state index in [-0.39, 0.29) is 78.0 Å². The summed E-state index contributed by atoms with van der Waals surface area (Å²) in [6.45, 7) is 0.990. The van der Waals surface area contributed by atoms with E-state index < -0.39 is 98.8 Å². The topological polar surface area (TPSA) is 194 Å². The summed E-state index contributed by atoms with van der Waals surface area (Å²) in [5.41, 5.74) is -0.317. The number of carbonyl (C=O) groups excluding carboxylic acids is 2. The first-order valence-corrected chi connectivity index (χ1v) is 25.9. The lowest BCUT2D eigenvalue weighted by molar-refractivity contribution is -0.149. The Balaban J connectivity index is 0.0000116. The highest BCUT2D eigenvalue weighted by Crippen LogP contribution is 2.59. The number of aliphatic hydroxyl groups excluding tert-OH is 1. The van der Waals surface area contributed by atoms with Crippen molar-refractivity contribution in [3.8, 4) is 12.1 Å². The number of nitrogens with zero attached hydrogens (tertiary/aromatic N) is 2. The van der Waals surface area contributed by atoms with E-state index in [1.165, 1.54) is 6.92 Å². The molecule has 19 heteroatoms. The number of ether oxygens (including phenoxy) is 4. The molecule has 15 nitrogen and oxygen atoms in total. The van der Waals surface area contributed by atoms with Gasteiger partial charge in [0, 0.05) is 39.0 Å². The summed E-state index contributed by atoms with van der Waals surface area (Å²) in [5, 5.41) is 30.5. The SMILES string of the molecule is C.[3H]C1CC(O)C(COP(=S)(OC2CC([3H])OC2COP(=S)(OC2CC([3H])OC2COC(=O)CCC(C)=O)OC(CC#N)C(C)(CC)CC=C)OC(CC#N)C(C)(C)Cc2ccccc2)O1. The molecular weight excluding hydrogens is 891 g/mol. The van der Waals surface area contributed by atoms with Gasteiger partial charge < -0.3 is 56.0 Å². The Bertz CT molecular complexity index is 1920. The van der Waals surface area contributed by atoms with E-state index in [0.717, 1.165) is 5.56 Å². The van der Waals surface area contributed by atoms with Gasteiger partial charge in [0.25, 0.3) is 0 Å². The van der Waals surface area contributed by atoms with E-state index in [0.29, 0.717) is 19.3 Å². The summed E-state index contributed by atoms with van der Waals surface area (Å²) in [6, 6.07) is 14.1. The first kappa shape index (κ1) is 50.4. The minimum absolute atomic E-state index is 0. The maximum Gasteiger partial charge on any atom is 0.327 e. The number of ketones is 1. The number of nitriles is 2. The number of hydrogen-bond acceptors (Lipinski definition) is 17. The van der Waals surface area contributed by atoms with Crippen LogP contribution in [-0.2, 0) is 85.7 Å². The van der Waals surface area contributed by atoms with Crippen LogP contribution in [0, 0.1) is 33.5 Å². The molecule has 4 rings (SSSR count). The molecule has 14 atom stereocenters. The first-order chi connectivity index (χ1) is 30.7. The van der Waals surface area contributed by atoms with E-state index in [1.54, 1.807) is 6.08 Å². The number of Topliss-reactive ketones (excluding diaryl/α,β-unsaturated/α-hetero) is 1. The Morgan fingerprint density at radius 1 is 0.905 bits per heavy atom. The summed E-state index contributed by atoms with van der Waals surface area (Å²) in [4.78, 5) is 23.9. The molecule has 63 heavy (non-hydrogen) atoms. The second kappa shape index (κ2) is 26.4. The molecule has 0 aliphatic carbocycles. The maximum atomic E-state index is 12.4. The van der Waals surface area contributed by atoms with Crippen LogP contribution in [0.5, 0.6) is 0 Å². The molecule has 0 bridgehead atoms. The fraction of sp³-hybridized carbons (Fsp3) is 0.727. The zero-order valence-corrected chi connectivity index (χ0v) is 39.6. The molecular formula is C44H68N2O13P2S2. The molecule has 354 valence electrons. The minimum atomic E-state index is -3.98. The van der Waals surface area contributed by atoms with Crippen LogP contribution in [-0.4, -0.2) is 105 Å². The third-order valence-electron chi connectivity index (χ3n) is 11.1. The molecule has 3 fully saturated rings. The van der Waals surface area contributed by atoms with Gasteiger partial charge in [-0.1, -0.05) is 71.5 Å². The van der Waals surface area contributed by atoms with Gasteiger partial charge in [-0.05, 0) is 72.6 Å². The maximum absolute atomic E-state index is 12.4. The lowest BCUT2D eigenvalue weighted by atomic mass is 9.77. The monoisotopic (exact) mass is 964 g/mol. The number of aliphatic hydroxyl groups is 1. The standard InChI is InChI=1S/C43H64N2O13P2S2.CH4/c1-7-21-43(6,8-2)40(17-23-45)58-60(62,55-34-19-25-50-37(34)28-52-41(48)15-14-31(3)46)54-30-38-35(20-26-51-38)56-59(61,53-29-36-33(47)18-24-49-36)57-39(16-22-44)42(4,5)27-32-12-10-9-11-13-32;/h7,9-13,33-40,47H,1,8,14-21,24-30H2,2-6H3;1H4/i24T,25T,26T;. The van der Waals surface area contributed by atoms with Crippen LogP contribution < -0.4 is 0 Å². The zero-order chi connectivity index (χ0) is 48.0. The van der Waals surface area contributed by atoms with Gasteiger partial charge in [-0.3, -0.25) is 4.79 Å². The van der Waals surface area contributed by atoms with Gasteiger partial charge in [-0.2, -0.15) is 10.5 Å². The molecule has 3 saturated heterocycles. The van der Waals surface area contributed by atoms with Gasteiger partial charge in [-0.25, -0.2) is 0 Å². The van der Waals surface area contributed by atoms with Crippen molar-refractivity contribution in [2.24, 2.45) is 10.8 Å². The fourth-order valence-electron chi connectivity index (χ4n) is 6.98. The normalized spacial score (nSPS) is 30.3. The van der Waals surface area contributed by atoms with Crippen LogP contribution in [0.3, 0.4) is 0 Å². The largest absolute Gasteiger partial charge is 0.463 e. The van der Waals surface area contributed by atoms with E-state index in [2.05, 4.69) is 18.7 Å². The van der Waals surface area contributed by atoms with Crippen molar-refractivity contribution in [3.05, 3.63) is 48.6 Å². The summed E-state index contributed by atoms with van der Waals surface area (Å²) in [7, 11) is 0. The summed E-state index contributed by atoms with van der Waals surface area (Å²) in [5.74, 6) is -0.804. The molecule has 0 radical (unpaired) electrons. The van der Waals surface area contributed by atoms with E-state index in [4.69, 9.17) is 73.8 Å². The quantitative estimate of drug-likeness (QED) is 0.0478. The van der Waals surface area contributed by atoms with Crippen LogP contribution in [0.15, 0.2) is 43.0 Å². The van der Waals surface area contributed by atoms with Crippen molar-refractivity contribution in [1.29, 1.82) is 10.5 Å². The zero-order valence-electron chi connectivity index (χ0n) is 39.2. The van der Waals surface area contributed by atoms with E-state index in [9.17, 15) is 25.2 Å². The molecule has 0 spiro atoms. The van der Waals surface area contributed by atoms with Gasteiger partial charge in [0.05, 0.1) is 79.2 Å². The minimum Gasteiger partial charge on any atom is -0.463 e. The molecule has 0 saturated carbocycles. The number of carbonyl (C=O) groups is 2. The third kappa shape index (κ3) is 17.3. The Kier molecular flexibility index (Phi) is 21.1. The van der Waals surface area contributed by atoms with E-state index >= 15 is 0 Å². The predicted molar refractivity (Wildman–Crippen MR) is 244 cm³/mol. The van der Waals surface area contributed by atoms with Gasteiger partial charge in [0.15, 0.2) is 0 Å². The third-order valence-corrected chi connectivity index (χ3v) is 15.8. The van der Waals surface area contributed by atoms with Gasteiger partial charge in [0.1, 0.15) is 30.7 Å². The number of rotatable bonds is 28. The lowest BCUT2D eigenvalue weighted by Gasteiger charge is -2.39. The van der Waals surface area contributed by atoms with Crippen LogP contribution >= 0.6 is 13.4 Å². The highest BCUT2D eigenvalue weighted by atomic mass is 32.5. The summed E-state index contributed by atoms with van der Waals surface area (Å²) < 4.78 is 86.6. The van der Waals surface area contributed by atoms with Crippen molar-refractivity contribution >= 4 is 48.8 Å². The Morgan fingerprint density at radius 3 is 1.95 bits per heavy atom. The molecule has 1 aromatic rings. The molecule has 3 heterocycles. The molecule has 1 N–H and O–H groups in total. The van der Waals surface area contributed by atoms with Crippen molar-refractivity contribution < 1.29 is 64.9 Å². The number of esters is 1. The smallest absolute Gasteiger partial charge is 0.327 e. The molecule has 0 aromatic heterocycles. The van der Waals surface area contributed by atoms with Gasteiger partial charge >= 0.3 is 19.4 Å². The highest BCUT2D eigenvalue weighted by Gasteiger charge is 2.45. The molecule has 0 amide bonds. The van der Waals surface area contributed by atoms with Crippen molar-refractivity contribution in [1.82, 2.24) is 0 Å².